The van der Waals surface area contributed by atoms with Crippen LogP contribution >= 0.6 is 0 Å². The molecule has 0 saturated heterocycles. The van der Waals surface area contributed by atoms with E-state index in [1.165, 1.54) is 32.2 Å². The number of rotatable bonds is 6. The number of aromatic nitrogens is 2. The smallest absolute Gasteiger partial charge is 0.273 e. The highest BCUT2D eigenvalue weighted by molar-refractivity contribution is 5.93. The normalized spacial score (nSPS) is 12.3. The molecule has 1 amide bonds. The summed E-state index contributed by atoms with van der Waals surface area (Å²) in [6.45, 7) is 2.03. The lowest BCUT2D eigenvalue weighted by molar-refractivity contribution is -0.119. The molecular formula is C22H20F3N3O3. The van der Waals surface area contributed by atoms with Gasteiger partial charge in [-0.15, -0.1) is 0 Å². The first kappa shape index (κ1) is 22.1. The minimum absolute atomic E-state index is 0.0145. The van der Waals surface area contributed by atoms with E-state index in [1.54, 1.807) is 24.3 Å². The van der Waals surface area contributed by atoms with Crippen molar-refractivity contribution in [2.24, 2.45) is 0 Å². The average Bonchev–Trinajstić information content (AvgIpc) is 2.72. The van der Waals surface area contributed by atoms with Gasteiger partial charge in [-0.2, -0.15) is 5.10 Å². The second-order valence-corrected chi connectivity index (χ2v) is 6.98. The summed E-state index contributed by atoms with van der Waals surface area (Å²) in [5, 5.41) is 6.68. The van der Waals surface area contributed by atoms with Crippen molar-refractivity contribution in [3.63, 3.8) is 0 Å². The van der Waals surface area contributed by atoms with Gasteiger partial charge in [0.25, 0.3) is 11.5 Å². The summed E-state index contributed by atoms with van der Waals surface area (Å²) in [6, 6.07) is 11.7. The quantitative estimate of drug-likeness (QED) is 0.629. The van der Waals surface area contributed by atoms with Crippen LogP contribution in [0, 0.1) is 5.82 Å². The Bertz CT molecular complexity index is 1170. The third kappa shape index (κ3) is 4.93. The number of nitrogens with zero attached hydrogens (tertiary/aromatic N) is 2. The summed E-state index contributed by atoms with van der Waals surface area (Å²) in [5.74, 6) is -4.55. The Kier molecular flexibility index (Phi) is 6.14. The van der Waals surface area contributed by atoms with Crippen molar-refractivity contribution < 1.29 is 22.7 Å². The molecule has 9 heteroatoms. The summed E-state index contributed by atoms with van der Waals surface area (Å²) in [7, 11) is 1.52. The Hall–Kier alpha value is -3.62. The van der Waals surface area contributed by atoms with E-state index in [1.807, 2.05) is 0 Å². The van der Waals surface area contributed by atoms with Gasteiger partial charge >= 0.3 is 0 Å². The Balaban J connectivity index is 1.85. The van der Waals surface area contributed by atoms with E-state index in [0.29, 0.717) is 23.9 Å². The van der Waals surface area contributed by atoms with Gasteiger partial charge in [-0.25, -0.2) is 17.9 Å². The maximum absolute atomic E-state index is 14.0. The van der Waals surface area contributed by atoms with Gasteiger partial charge in [0, 0.05) is 24.2 Å². The van der Waals surface area contributed by atoms with Crippen molar-refractivity contribution in [3.8, 4) is 17.0 Å². The number of anilines is 1. The number of carbonyl (C=O) groups is 1. The number of hydrogen-bond acceptors (Lipinski definition) is 4. The monoisotopic (exact) mass is 431 g/mol. The molecule has 1 N–H and O–H groups in total. The van der Waals surface area contributed by atoms with E-state index in [4.69, 9.17) is 4.74 Å². The van der Waals surface area contributed by atoms with Crippen molar-refractivity contribution in [1.29, 1.82) is 0 Å². The molecule has 3 aromatic rings. The number of halogens is 3. The molecule has 0 aliphatic rings. The number of benzene rings is 2. The predicted molar refractivity (Wildman–Crippen MR) is 110 cm³/mol. The van der Waals surface area contributed by atoms with Gasteiger partial charge in [0.1, 0.15) is 17.6 Å². The fraction of sp³-hybridized carbons (Fsp3) is 0.227. The van der Waals surface area contributed by atoms with Gasteiger partial charge in [-0.05, 0) is 43.3 Å². The van der Waals surface area contributed by atoms with E-state index >= 15 is 0 Å². The summed E-state index contributed by atoms with van der Waals surface area (Å²) >= 11 is 0. The largest absolute Gasteiger partial charge is 0.497 e. The van der Waals surface area contributed by atoms with Crippen LogP contribution in [0.4, 0.5) is 18.9 Å². The molecule has 162 valence electrons. The van der Waals surface area contributed by atoms with Crippen LogP contribution in [-0.2, 0) is 10.7 Å². The number of hydrogen-bond donors (Lipinski definition) is 1. The Morgan fingerprint density at radius 3 is 2.55 bits per heavy atom. The van der Waals surface area contributed by atoms with Crippen LogP contribution in [0.5, 0.6) is 5.75 Å². The second kappa shape index (κ2) is 8.63. The topological polar surface area (TPSA) is 73.2 Å². The molecule has 0 aliphatic heterocycles. The molecule has 1 unspecified atom stereocenters. The highest BCUT2D eigenvalue weighted by atomic mass is 19.3. The van der Waals surface area contributed by atoms with Gasteiger partial charge in [-0.3, -0.25) is 9.59 Å². The first-order chi connectivity index (χ1) is 14.6. The minimum Gasteiger partial charge on any atom is -0.497 e. The first-order valence-corrected chi connectivity index (χ1v) is 9.33. The van der Waals surface area contributed by atoms with E-state index in [-0.39, 0.29) is 5.69 Å². The third-order valence-corrected chi connectivity index (χ3v) is 4.65. The van der Waals surface area contributed by atoms with E-state index < -0.39 is 34.8 Å². The van der Waals surface area contributed by atoms with Crippen molar-refractivity contribution in [3.05, 3.63) is 76.3 Å². The molecule has 6 nitrogen and oxygen atoms in total. The molecular weight excluding hydrogens is 411 g/mol. The van der Waals surface area contributed by atoms with Crippen molar-refractivity contribution in [2.45, 2.75) is 25.8 Å². The van der Waals surface area contributed by atoms with E-state index in [9.17, 15) is 22.8 Å². The van der Waals surface area contributed by atoms with Crippen LogP contribution in [0.1, 0.15) is 25.5 Å². The molecule has 1 atom stereocenters. The molecule has 0 spiro atoms. The van der Waals surface area contributed by atoms with Gasteiger partial charge in [0.15, 0.2) is 0 Å². The maximum atomic E-state index is 14.0. The Labute approximate surface area is 176 Å². The third-order valence-electron chi connectivity index (χ3n) is 4.65. The number of alkyl halides is 2. The van der Waals surface area contributed by atoms with Crippen LogP contribution in [0.25, 0.3) is 11.3 Å². The zero-order valence-corrected chi connectivity index (χ0v) is 17.0. The number of methoxy groups -OCH3 is 1. The lowest BCUT2D eigenvalue weighted by Crippen LogP contribution is -2.33. The number of ether oxygens (including phenoxy) is 1. The summed E-state index contributed by atoms with van der Waals surface area (Å²) in [4.78, 5) is 24.9. The van der Waals surface area contributed by atoms with Crippen molar-refractivity contribution in [2.75, 3.05) is 12.4 Å². The molecule has 1 aromatic heterocycles. The fourth-order valence-corrected chi connectivity index (χ4v) is 2.95. The fourth-order valence-electron chi connectivity index (χ4n) is 2.95. The molecule has 31 heavy (non-hydrogen) atoms. The number of nitrogens with one attached hydrogen (secondary N) is 1. The average molecular weight is 431 g/mol. The molecule has 0 saturated carbocycles. The molecule has 2 aromatic carbocycles. The molecule has 0 bridgehead atoms. The van der Waals surface area contributed by atoms with Crippen molar-refractivity contribution in [1.82, 2.24) is 9.78 Å². The van der Waals surface area contributed by atoms with Crippen molar-refractivity contribution >= 4 is 11.6 Å². The summed E-state index contributed by atoms with van der Waals surface area (Å²) in [6.07, 6.45) is 0. The standard InChI is InChI=1S/C22H20F3N3O3/c1-13(21(30)26-15-7-8-17(18(23)12-15)22(2,24)25)28-20(29)10-9-19(27-28)14-5-4-6-16(11-14)31-3/h4-13H,1-3H3,(H,26,30). The lowest BCUT2D eigenvalue weighted by Gasteiger charge is -2.16. The van der Waals surface area contributed by atoms with Gasteiger partial charge < -0.3 is 10.1 Å². The number of amides is 1. The van der Waals surface area contributed by atoms with E-state index in [0.717, 1.165) is 16.8 Å². The van der Waals surface area contributed by atoms with Crippen LogP contribution in [0.2, 0.25) is 0 Å². The van der Waals surface area contributed by atoms with Crippen LogP contribution in [0.15, 0.2) is 59.4 Å². The second-order valence-electron chi connectivity index (χ2n) is 6.98. The first-order valence-electron chi connectivity index (χ1n) is 9.33. The van der Waals surface area contributed by atoms with Crippen LogP contribution < -0.4 is 15.6 Å². The predicted octanol–water partition coefficient (Wildman–Crippen LogP) is 4.37. The molecule has 0 aliphatic carbocycles. The molecule has 3 rings (SSSR count). The van der Waals surface area contributed by atoms with Crippen LogP contribution in [0.3, 0.4) is 0 Å². The summed E-state index contributed by atoms with van der Waals surface area (Å²) < 4.78 is 46.9. The highest BCUT2D eigenvalue weighted by Crippen LogP contribution is 2.30. The SMILES string of the molecule is COc1cccc(-c2ccc(=O)n(C(C)C(=O)Nc3ccc(C(C)(F)F)c(F)c3)n2)c1. The van der Waals surface area contributed by atoms with Gasteiger partial charge in [-0.1, -0.05) is 12.1 Å². The molecule has 0 fully saturated rings. The Morgan fingerprint density at radius 1 is 1.16 bits per heavy atom. The number of carbonyl (C=O) groups excluding carboxylic acids is 1. The highest BCUT2D eigenvalue weighted by Gasteiger charge is 2.28. The zero-order valence-electron chi connectivity index (χ0n) is 17.0. The summed E-state index contributed by atoms with van der Waals surface area (Å²) in [5.41, 5.74) is -0.180. The van der Waals surface area contributed by atoms with Gasteiger partial charge in [0.05, 0.1) is 18.4 Å². The minimum atomic E-state index is -3.35. The molecule has 0 radical (unpaired) electrons. The van der Waals surface area contributed by atoms with Gasteiger partial charge in [0.2, 0.25) is 5.91 Å². The van der Waals surface area contributed by atoms with E-state index in [2.05, 4.69) is 10.4 Å². The zero-order chi connectivity index (χ0) is 22.8. The van der Waals surface area contributed by atoms with Crippen LogP contribution in [-0.4, -0.2) is 22.8 Å². The maximum Gasteiger partial charge on any atom is 0.273 e. The molecule has 1 heterocycles. The lowest BCUT2D eigenvalue weighted by atomic mass is 10.1. The Morgan fingerprint density at radius 2 is 1.90 bits per heavy atom.